The molecule has 4 rings (SSSR count). The highest BCUT2D eigenvalue weighted by Crippen LogP contribution is 2.27. The normalized spacial score (nSPS) is 13.5. The van der Waals surface area contributed by atoms with Crippen LogP contribution in [0.5, 0.6) is 0 Å². The van der Waals surface area contributed by atoms with Gasteiger partial charge in [-0.2, -0.15) is 5.10 Å². The Bertz CT molecular complexity index is 1080. The Morgan fingerprint density at radius 2 is 1.79 bits per heavy atom. The lowest BCUT2D eigenvalue weighted by Gasteiger charge is -2.06. The molecule has 6 nitrogen and oxygen atoms in total. The molecule has 0 amide bonds. The number of nitrogens with one attached hydrogen (secondary N) is 1. The number of hydrogen-bond donors (Lipinski definition) is 3. The van der Waals surface area contributed by atoms with E-state index in [1.165, 1.54) is 11.1 Å². The molecule has 29 heavy (non-hydrogen) atoms. The van der Waals surface area contributed by atoms with Crippen LogP contribution >= 0.6 is 24.8 Å². The maximum atomic E-state index is 7.76. The molecule has 0 saturated heterocycles. The van der Waals surface area contributed by atoms with Gasteiger partial charge in [-0.05, 0) is 44.4 Å². The third-order valence-corrected chi connectivity index (χ3v) is 4.85. The van der Waals surface area contributed by atoms with Crippen molar-refractivity contribution >= 4 is 42.3 Å². The van der Waals surface area contributed by atoms with Crippen LogP contribution < -0.4 is 11.5 Å². The van der Waals surface area contributed by atoms with Gasteiger partial charge in [0, 0.05) is 16.7 Å². The standard InChI is InChI=1S/C21H22N6.2ClH/c1-12-8-13(2)10-14(9-12)19-11-27(21(24)25-19)26-18-7-6-15-16(18)4-3-5-17(15)20(22)23;;/h3-5,8-11H,6-7H2,1-2H3,(H3,22,23)(H2,24,25);2*1H. The number of rotatable bonds is 3. The van der Waals surface area contributed by atoms with Gasteiger partial charge in [0.2, 0.25) is 5.95 Å². The molecule has 8 heteroatoms. The van der Waals surface area contributed by atoms with Crippen LogP contribution in [0.1, 0.15) is 34.2 Å². The predicted molar refractivity (Wildman–Crippen MR) is 124 cm³/mol. The Balaban J connectivity index is 0.00000150. The predicted octanol–water partition coefficient (Wildman–Crippen LogP) is 4.08. The molecule has 152 valence electrons. The minimum Gasteiger partial charge on any atom is -0.384 e. The smallest absolute Gasteiger partial charge is 0.221 e. The Morgan fingerprint density at radius 1 is 1.10 bits per heavy atom. The number of anilines is 1. The Morgan fingerprint density at radius 3 is 2.45 bits per heavy atom. The fourth-order valence-corrected chi connectivity index (χ4v) is 3.72. The second-order valence-corrected chi connectivity index (χ2v) is 7.00. The van der Waals surface area contributed by atoms with Crippen LogP contribution in [-0.2, 0) is 6.42 Å². The highest BCUT2D eigenvalue weighted by molar-refractivity contribution is 6.08. The minimum atomic E-state index is 0. The summed E-state index contributed by atoms with van der Waals surface area (Å²) in [7, 11) is 0. The van der Waals surface area contributed by atoms with Gasteiger partial charge in [-0.1, -0.05) is 35.4 Å². The molecule has 0 bridgehead atoms. The maximum Gasteiger partial charge on any atom is 0.221 e. The van der Waals surface area contributed by atoms with Gasteiger partial charge in [-0.15, -0.1) is 24.8 Å². The first kappa shape index (κ1) is 22.5. The molecule has 5 N–H and O–H groups in total. The number of nitrogen functional groups attached to an aromatic ring is 2. The van der Waals surface area contributed by atoms with Crippen molar-refractivity contribution in [2.45, 2.75) is 26.7 Å². The molecule has 0 unspecified atom stereocenters. The molecule has 1 heterocycles. The fourth-order valence-electron chi connectivity index (χ4n) is 3.72. The molecule has 0 aliphatic heterocycles. The molecule has 1 aromatic heterocycles. The lowest BCUT2D eigenvalue weighted by molar-refractivity contribution is 0.883. The van der Waals surface area contributed by atoms with E-state index in [1.54, 1.807) is 4.68 Å². The summed E-state index contributed by atoms with van der Waals surface area (Å²) in [4.78, 5) is 4.49. The molecule has 0 saturated carbocycles. The lowest BCUT2D eigenvalue weighted by Crippen LogP contribution is -2.13. The Kier molecular flexibility index (Phi) is 6.72. The van der Waals surface area contributed by atoms with Crippen LogP contribution in [0.3, 0.4) is 0 Å². The van der Waals surface area contributed by atoms with E-state index in [-0.39, 0.29) is 30.6 Å². The van der Waals surface area contributed by atoms with E-state index < -0.39 is 0 Å². The Hall–Kier alpha value is -2.83. The maximum absolute atomic E-state index is 7.76. The average Bonchev–Trinajstić information content (AvgIpc) is 3.18. The first-order valence-corrected chi connectivity index (χ1v) is 8.90. The first-order chi connectivity index (χ1) is 12.9. The number of fused-ring (bicyclic) bond motifs is 1. The third-order valence-electron chi connectivity index (χ3n) is 4.85. The van der Waals surface area contributed by atoms with Crippen LogP contribution in [0.2, 0.25) is 0 Å². The number of amidine groups is 1. The topological polar surface area (TPSA) is 106 Å². The number of nitrogens with zero attached hydrogens (tertiary/aromatic N) is 3. The van der Waals surface area contributed by atoms with Crippen molar-refractivity contribution in [1.82, 2.24) is 9.66 Å². The Labute approximate surface area is 182 Å². The second kappa shape index (κ2) is 8.68. The van der Waals surface area contributed by atoms with Crippen LogP contribution in [0.15, 0.2) is 47.7 Å². The summed E-state index contributed by atoms with van der Waals surface area (Å²) >= 11 is 0. The number of hydrogen-bond acceptors (Lipinski definition) is 4. The molecule has 0 fully saturated rings. The van der Waals surface area contributed by atoms with E-state index >= 15 is 0 Å². The summed E-state index contributed by atoms with van der Waals surface area (Å²) in [5, 5.41) is 12.5. The van der Waals surface area contributed by atoms with E-state index in [0.717, 1.165) is 46.5 Å². The second-order valence-electron chi connectivity index (χ2n) is 7.00. The van der Waals surface area contributed by atoms with E-state index in [0.29, 0.717) is 5.95 Å². The molecule has 2 aromatic carbocycles. The molecule has 1 aliphatic rings. The lowest BCUT2D eigenvalue weighted by atomic mass is 10.0. The molecule has 1 aliphatic carbocycles. The van der Waals surface area contributed by atoms with Gasteiger partial charge in [0.05, 0.1) is 17.6 Å². The number of imidazole rings is 1. The quantitative estimate of drug-likeness (QED) is 0.430. The summed E-state index contributed by atoms with van der Waals surface area (Å²) in [5.41, 5.74) is 19.9. The molecule has 0 radical (unpaired) electrons. The molecule has 0 spiro atoms. The first-order valence-electron chi connectivity index (χ1n) is 8.90. The summed E-state index contributed by atoms with van der Waals surface area (Å²) in [6.07, 6.45) is 3.47. The highest BCUT2D eigenvalue weighted by atomic mass is 35.5. The zero-order chi connectivity index (χ0) is 19.1. The van der Waals surface area contributed by atoms with Gasteiger partial charge in [0.1, 0.15) is 5.84 Å². The van der Waals surface area contributed by atoms with Crippen LogP contribution in [0.4, 0.5) is 5.95 Å². The SMILES string of the molecule is Cc1cc(C)cc(-c2cn(N=C3CCc4c(C(=N)N)cccc43)c(N)n2)c1.Cl.Cl. The van der Waals surface area contributed by atoms with Crippen molar-refractivity contribution in [2.24, 2.45) is 10.8 Å². The monoisotopic (exact) mass is 430 g/mol. The van der Waals surface area contributed by atoms with Gasteiger partial charge < -0.3 is 11.5 Å². The minimum absolute atomic E-state index is 0. The van der Waals surface area contributed by atoms with Crippen LogP contribution in [0.25, 0.3) is 11.3 Å². The van der Waals surface area contributed by atoms with Crippen LogP contribution in [0, 0.1) is 19.3 Å². The van der Waals surface area contributed by atoms with E-state index in [4.69, 9.17) is 22.0 Å². The van der Waals surface area contributed by atoms with Crippen molar-refractivity contribution in [3.05, 3.63) is 70.4 Å². The van der Waals surface area contributed by atoms with Gasteiger partial charge in [-0.25, -0.2) is 9.66 Å². The molecular weight excluding hydrogens is 407 g/mol. The fraction of sp³-hybridized carbons (Fsp3) is 0.190. The van der Waals surface area contributed by atoms with Crippen molar-refractivity contribution in [2.75, 3.05) is 5.73 Å². The zero-order valence-corrected chi connectivity index (χ0v) is 17.9. The van der Waals surface area contributed by atoms with Crippen molar-refractivity contribution in [3.63, 3.8) is 0 Å². The van der Waals surface area contributed by atoms with Gasteiger partial charge >= 0.3 is 0 Å². The third kappa shape index (κ3) is 4.28. The highest BCUT2D eigenvalue weighted by Gasteiger charge is 2.22. The number of aromatic nitrogens is 2. The van der Waals surface area contributed by atoms with E-state index in [9.17, 15) is 0 Å². The van der Waals surface area contributed by atoms with E-state index in [1.807, 2.05) is 24.4 Å². The summed E-state index contributed by atoms with van der Waals surface area (Å²) < 4.78 is 1.64. The largest absolute Gasteiger partial charge is 0.384 e. The number of halogens is 2. The number of benzene rings is 2. The van der Waals surface area contributed by atoms with Gasteiger partial charge in [0.25, 0.3) is 0 Å². The number of aryl methyl sites for hydroxylation is 2. The summed E-state index contributed by atoms with van der Waals surface area (Å²) in [6.45, 7) is 4.14. The van der Waals surface area contributed by atoms with Crippen LogP contribution in [-0.4, -0.2) is 21.2 Å². The van der Waals surface area contributed by atoms with Gasteiger partial charge in [-0.3, -0.25) is 5.41 Å². The van der Waals surface area contributed by atoms with Crippen molar-refractivity contribution < 1.29 is 0 Å². The number of nitrogens with two attached hydrogens (primary N) is 2. The van der Waals surface area contributed by atoms with Crippen molar-refractivity contribution in [3.8, 4) is 11.3 Å². The molecule has 3 aromatic rings. The zero-order valence-electron chi connectivity index (χ0n) is 16.3. The molecule has 0 atom stereocenters. The average molecular weight is 431 g/mol. The van der Waals surface area contributed by atoms with Gasteiger partial charge in [0.15, 0.2) is 0 Å². The molecular formula is C21H24Cl2N6. The summed E-state index contributed by atoms with van der Waals surface area (Å²) in [6, 6.07) is 12.1. The van der Waals surface area contributed by atoms with E-state index in [2.05, 4.69) is 37.0 Å². The summed E-state index contributed by atoms with van der Waals surface area (Å²) in [5.74, 6) is 0.445. The van der Waals surface area contributed by atoms with Crippen molar-refractivity contribution in [1.29, 1.82) is 5.41 Å².